The van der Waals surface area contributed by atoms with Gasteiger partial charge in [-0.3, -0.25) is 14.6 Å². The van der Waals surface area contributed by atoms with Gasteiger partial charge in [-0.15, -0.1) is 0 Å². The Balaban J connectivity index is 0.882. The molecule has 15 nitrogen and oxygen atoms in total. The number of hydrogen-bond donors (Lipinski definition) is 3. The Morgan fingerprint density at radius 1 is 0.894 bits per heavy atom. The molecule has 15 heteroatoms. The fourth-order valence-corrected chi connectivity index (χ4v) is 11.9. The van der Waals surface area contributed by atoms with Crippen molar-refractivity contribution in [2.45, 2.75) is 128 Å². The van der Waals surface area contributed by atoms with Crippen LogP contribution in [0.2, 0.25) is 0 Å². The number of H-pyrrole nitrogens is 1. The zero-order valence-electron chi connectivity index (χ0n) is 38.6. The van der Waals surface area contributed by atoms with E-state index in [1.807, 2.05) is 31.9 Å². The summed E-state index contributed by atoms with van der Waals surface area (Å²) in [6, 6.07) is 13.4. The minimum atomic E-state index is -0.702. The van der Waals surface area contributed by atoms with Gasteiger partial charge in [-0.05, 0) is 127 Å². The highest BCUT2D eigenvalue weighted by Gasteiger charge is 2.51. The number of alkyl carbamates (subject to hydrolysis) is 2. The van der Waals surface area contributed by atoms with Crippen molar-refractivity contribution < 1.29 is 38.1 Å². The van der Waals surface area contributed by atoms with E-state index in [2.05, 4.69) is 63.0 Å². The van der Waals surface area contributed by atoms with Gasteiger partial charge < -0.3 is 44.4 Å². The normalized spacial score (nSPS) is 24.6. The maximum atomic E-state index is 14.7. The number of nitrogens with zero attached hydrogens (tertiary/aromatic N) is 4. The van der Waals surface area contributed by atoms with E-state index in [1.54, 1.807) is 0 Å². The molecule has 6 aliphatic rings. The Morgan fingerprint density at radius 2 is 1.70 bits per heavy atom. The van der Waals surface area contributed by atoms with Crippen molar-refractivity contribution in [3.63, 3.8) is 0 Å². The van der Waals surface area contributed by atoms with E-state index in [1.165, 1.54) is 14.2 Å². The maximum absolute atomic E-state index is 14.7. The number of likely N-dealkylation sites (tertiary alicyclic amines) is 2. The molecule has 0 bridgehead atoms. The molecule has 1 unspecified atom stereocenters. The van der Waals surface area contributed by atoms with Gasteiger partial charge >= 0.3 is 12.2 Å². The Bertz CT molecular complexity index is 2580. The highest BCUT2D eigenvalue weighted by Crippen LogP contribution is 2.48. The Kier molecular flexibility index (Phi) is 12.0. The number of carbonyl (C=O) groups is 4. The topological polar surface area (TPSA) is 177 Å². The molecule has 4 amide bonds. The summed E-state index contributed by atoms with van der Waals surface area (Å²) in [7, 11) is 2.65. The van der Waals surface area contributed by atoms with Gasteiger partial charge in [-0.1, -0.05) is 44.9 Å². The first kappa shape index (κ1) is 43.9. The lowest BCUT2D eigenvalue weighted by molar-refractivity contribution is -0.138. The van der Waals surface area contributed by atoms with Gasteiger partial charge in [0.05, 0.1) is 43.9 Å². The summed E-state index contributed by atoms with van der Waals surface area (Å²) >= 11 is 0. The lowest BCUT2D eigenvalue weighted by Crippen LogP contribution is -2.57. The molecule has 1 saturated carbocycles. The summed E-state index contributed by atoms with van der Waals surface area (Å²) in [5.74, 6) is 1.70. The largest absolute Gasteiger partial charge is 0.488 e. The number of methoxy groups -OCH3 is 2. The molecule has 3 saturated heterocycles. The smallest absolute Gasteiger partial charge is 0.407 e. The van der Waals surface area contributed by atoms with E-state index in [0.717, 1.165) is 112 Å². The fourth-order valence-electron chi connectivity index (χ4n) is 11.9. The second-order valence-corrected chi connectivity index (χ2v) is 19.3. The van der Waals surface area contributed by atoms with Crippen LogP contribution in [-0.4, -0.2) is 107 Å². The molecule has 0 spiro atoms. The monoisotopic (exact) mass is 899 g/mol. The van der Waals surface area contributed by atoms with Crippen LogP contribution in [-0.2, 0) is 36.8 Å². The molecule has 66 heavy (non-hydrogen) atoms. The van der Waals surface area contributed by atoms with Crippen LogP contribution < -0.4 is 15.4 Å². The van der Waals surface area contributed by atoms with Gasteiger partial charge in [0.25, 0.3) is 0 Å². The molecule has 8 atom stereocenters. The third-order valence-electron chi connectivity index (χ3n) is 15.6. The predicted molar refractivity (Wildman–Crippen MR) is 248 cm³/mol. The van der Waals surface area contributed by atoms with Crippen molar-refractivity contribution in [3.05, 3.63) is 65.6 Å². The fraction of sp³-hybridized carbons (Fsp3) is 0.529. The SMILES string of the molecule is CC[C@H](C)C(NC(=O)OC)C(=O)N1[C@@H](C)CC[C@H]1c1ncc(-c2ccc3c(c2)COc2cc4c5c(ccc4cc2-3)N=C([C@@H]2C[C@@H]3CCC[C@@H]3N2C(=O)[C@@H](NC(=O)OC)C2CCOCC2)C5)[nH]1. The van der Waals surface area contributed by atoms with Crippen LogP contribution in [0.25, 0.3) is 33.2 Å². The summed E-state index contributed by atoms with van der Waals surface area (Å²) in [5, 5.41) is 7.92. The molecule has 5 aliphatic heterocycles. The number of fused-ring (bicyclic) bond motifs is 7. The van der Waals surface area contributed by atoms with Gasteiger partial charge in [-0.2, -0.15) is 0 Å². The molecule has 10 rings (SSSR count). The zero-order chi connectivity index (χ0) is 45.8. The summed E-state index contributed by atoms with van der Waals surface area (Å²) in [4.78, 5) is 71.3. The molecule has 1 aromatic heterocycles. The molecular weight excluding hydrogens is 839 g/mol. The number of aromatic nitrogens is 2. The number of nitrogens with one attached hydrogen (secondary N) is 3. The first-order valence-corrected chi connectivity index (χ1v) is 23.9. The quantitative estimate of drug-likeness (QED) is 0.142. The first-order valence-electron chi connectivity index (χ1n) is 23.9. The second kappa shape index (κ2) is 18.0. The van der Waals surface area contributed by atoms with Gasteiger partial charge in [-0.25, -0.2) is 14.6 Å². The van der Waals surface area contributed by atoms with Crippen LogP contribution in [0, 0.1) is 17.8 Å². The Hall–Kier alpha value is -5.96. The van der Waals surface area contributed by atoms with Gasteiger partial charge in [0.1, 0.15) is 30.3 Å². The lowest BCUT2D eigenvalue weighted by Gasteiger charge is -2.37. The molecule has 348 valence electrons. The molecule has 4 fully saturated rings. The van der Waals surface area contributed by atoms with Crippen molar-refractivity contribution in [2.24, 2.45) is 22.7 Å². The van der Waals surface area contributed by atoms with E-state index in [-0.39, 0.29) is 47.8 Å². The van der Waals surface area contributed by atoms with E-state index < -0.39 is 24.3 Å². The van der Waals surface area contributed by atoms with Crippen LogP contribution in [0.4, 0.5) is 15.3 Å². The van der Waals surface area contributed by atoms with Crippen molar-refractivity contribution in [3.8, 4) is 28.1 Å². The summed E-state index contributed by atoms with van der Waals surface area (Å²) in [6.07, 6.45) is 9.03. The standard InChI is InChI=1S/C51H61N7O8/c1-6-27(2)45(55-50(61)63-4)48(59)57-28(3)10-15-42(57)47-52-25-40(54-47)31-11-13-34-33(20-31)26-66-44-24-35-30(21-37(34)44)12-14-38-36(35)23-39(53-38)43-22-32-8-7-9-41(32)58(43)49(60)46(56-51(62)64-5)29-16-18-65-19-17-29/h11-14,20-21,24-25,27-29,32,41-43,45-46H,6-10,15-19,22-23,26H2,1-5H3,(H,52,54)(H,55,61)(H,56,62)/t27-,28-,32-,41-,42-,43-,45?,46-/m0/s1. The van der Waals surface area contributed by atoms with Crippen molar-refractivity contribution >= 4 is 46.2 Å². The summed E-state index contributed by atoms with van der Waals surface area (Å²) in [6.45, 7) is 7.56. The minimum Gasteiger partial charge on any atom is -0.488 e. The van der Waals surface area contributed by atoms with E-state index >= 15 is 0 Å². The second-order valence-electron chi connectivity index (χ2n) is 19.3. The summed E-state index contributed by atoms with van der Waals surface area (Å²) < 4.78 is 22.0. The molecule has 4 aromatic rings. The molecule has 6 heterocycles. The Labute approximate surface area is 385 Å². The number of aromatic amines is 1. The van der Waals surface area contributed by atoms with Gasteiger partial charge in [0.2, 0.25) is 11.8 Å². The molecule has 3 aromatic carbocycles. The number of benzene rings is 3. The van der Waals surface area contributed by atoms with Crippen molar-refractivity contribution in [1.82, 2.24) is 30.4 Å². The zero-order valence-corrected chi connectivity index (χ0v) is 38.6. The number of carbonyl (C=O) groups excluding carboxylic acids is 4. The molecule has 3 N–H and O–H groups in total. The van der Waals surface area contributed by atoms with Crippen molar-refractivity contribution in [2.75, 3.05) is 27.4 Å². The number of amides is 4. The van der Waals surface area contributed by atoms with E-state index in [0.29, 0.717) is 45.0 Å². The molecule has 1 aliphatic carbocycles. The number of imidazole rings is 1. The number of hydrogen-bond acceptors (Lipinski definition) is 10. The lowest BCUT2D eigenvalue weighted by atomic mass is 9.89. The first-order chi connectivity index (χ1) is 32.0. The highest BCUT2D eigenvalue weighted by atomic mass is 16.5. The minimum absolute atomic E-state index is 0.0127. The van der Waals surface area contributed by atoms with Gasteiger partial charge in [0.15, 0.2) is 0 Å². The van der Waals surface area contributed by atoms with Gasteiger partial charge in [0, 0.05) is 43.0 Å². The highest BCUT2D eigenvalue weighted by molar-refractivity contribution is 6.07. The number of rotatable bonds is 10. The molecular formula is C51H61N7O8. The number of ether oxygens (including phenoxy) is 4. The molecule has 0 radical (unpaired) electrons. The van der Waals surface area contributed by atoms with Crippen LogP contribution in [0.3, 0.4) is 0 Å². The third-order valence-corrected chi connectivity index (χ3v) is 15.6. The third kappa shape index (κ3) is 7.86. The van der Waals surface area contributed by atoms with Crippen molar-refractivity contribution in [1.29, 1.82) is 0 Å². The summed E-state index contributed by atoms with van der Waals surface area (Å²) in [5.41, 5.74) is 8.13. The van der Waals surface area contributed by atoms with Crippen LogP contribution in [0.15, 0.2) is 53.7 Å². The van der Waals surface area contributed by atoms with E-state index in [9.17, 15) is 19.2 Å². The van der Waals surface area contributed by atoms with Crippen LogP contribution in [0.5, 0.6) is 5.75 Å². The average molecular weight is 900 g/mol. The van der Waals surface area contributed by atoms with E-state index in [4.69, 9.17) is 28.9 Å². The number of aliphatic imine (C=N–C) groups is 1. The van der Waals surface area contributed by atoms with Crippen LogP contribution in [0.1, 0.15) is 102 Å². The van der Waals surface area contributed by atoms with Crippen LogP contribution >= 0.6 is 0 Å². The predicted octanol–water partition coefficient (Wildman–Crippen LogP) is 8.16. The maximum Gasteiger partial charge on any atom is 0.407 e. The average Bonchev–Trinajstić information content (AvgIpc) is 4.20. The Morgan fingerprint density at radius 3 is 2.48 bits per heavy atom.